The zero-order chi connectivity index (χ0) is 15.1. The van der Waals surface area contributed by atoms with Crippen molar-refractivity contribution < 1.29 is 14.3 Å². The third-order valence-electron chi connectivity index (χ3n) is 3.51. The first-order chi connectivity index (χ1) is 9.49. The maximum atomic E-state index is 11.9. The molecule has 0 aliphatic carbocycles. The fraction of sp³-hybridized carbons (Fsp3) is 0.500. The minimum Gasteiger partial charge on any atom is -0.484 e. The number of benzene rings is 1. The second kappa shape index (κ2) is 7.68. The second-order valence-electron chi connectivity index (χ2n) is 4.85. The molecule has 0 saturated heterocycles. The number of rotatable bonds is 7. The van der Waals surface area contributed by atoms with Gasteiger partial charge in [-0.05, 0) is 37.6 Å². The molecule has 0 spiro atoms. The third-order valence-corrected chi connectivity index (χ3v) is 3.51. The van der Waals surface area contributed by atoms with Crippen LogP contribution in [-0.4, -0.2) is 36.3 Å². The molecule has 0 aliphatic heterocycles. The summed E-state index contributed by atoms with van der Waals surface area (Å²) in [6.07, 6.45) is 1.40. The third kappa shape index (κ3) is 4.37. The van der Waals surface area contributed by atoms with Crippen molar-refractivity contribution in [1.82, 2.24) is 4.90 Å². The lowest BCUT2D eigenvalue weighted by atomic mass is 10.1. The monoisotopic (exact) mass is 277 g/mol. The smallest absolute Gasteiger partial charge is 0.260 e. The standard InChI is InChI=1S/C16H23NO3/c1-5-12(3)17(4)16(19)11-20-14-9-7-13(8-10-14)15(18)6-2/h7-10,12H,5-6,11H2,1-4H3. The zero-order valence-electron chi connectivity index (χ0n) is 12.7. The van der Waals surface area contributed by atoms with Gasteiger partial charge in [-0.25, -0.2) is 0 Å². The van der Waals surface area contributed by atoms with Crippen LogP contribution in [0, 0.1) is 0 Å². The van der Waals surface area contributed by atoms with Crippen LogP contribution in [0.5, 0.6) is 5.75 Å². The fourth-order valence-corrected chi connectivity index (χ4v) is 1.71. The highest BCUT2D eigenvalue weighted by Crippen LogP contribution is 2.13. The predicted molar refractivity (Wildman–Crippen MR) is 79.1 cm³/mol. The first kappa shape index (κ1) is 16.2. The number of nitrogens with zero attached hydrogens (tertiary/aromatic N) is 1. The van der Waals surface area contributed by atoms with E-state index in [-0.39, 0.29) is 24.3 Å². The molecular formula is C16H23NO3. The number of ketones is 1. The number of hydrogen-bond donors (Lipinski definition) is 0. The summed E-state index contributed by atoms with van der Waals surface area (Å²) >= 11 is 0. The summed E-state index contributed by atoms with van der Waals surface area (Å²) in [5, 5.41) is 0. The summed E-state index contributed by atoms with van der Waals surface area (Å²) in [6.45, 7) is 5.89. The summed E-state index contributed by atoms with van der Waals surface area (Å²) in [6, 6.07) is 7.10. The zero-order valence-corrected chi connectivity index (χ0v) is 12.7. The molecule has 4 nitrogen and oxygen atoms in total. The predicted octanol–water partition coefficient (Wildman–Crippen LogP) is 2.92. The van der Waals surface area contributed by atoms with Crippen LogP contribution in [0.4, 0.5) is 0 Å². The van der Waals surface area contributed by atoms with Gasteiger partial charge in [0.2, 0.25) is 0 Å². The van der Waals surface area contributed by atoms with E-state index in [1.54, 1.807) is 36.2 Å². The van der Waals surface area contributed by atoms with Crippen LogP contribution >= 0.6 is 0 Å². The molecule has 0 N–H and O–H groups in total. The Balaban J connectivity index is 2.54. The van der Waals surface area contributed by atoms with Crippen molar-refractivity contribution >= 4 is 11.7 Å². The summed E-state index contributed by atoms with van der Waals surface area (Å²) in [7, 11) is 1.78. The van der Waals surface area contributed by atoms with Gasteiger partial charge in [0.05, 0.1) is 0 Å². The van der Waals surface area contributed by atoms with Gasteiger partial charge >= 0.3 is 0 Å². The molecule has 0 aliphatic rings. The molecule has 20 heavy (non-hydrogen) atoms. The highest BCUT2D eigenvalue weighted by molar-refractivity contribution is 5.95. The van der Waals surface area contributed by atoms with Crippen LogP contribution in [0.15, 0.2) is 24.3 Å². The summed E-state index contributed by atoms with van der Waals surface area (Å²) < 4.78 is 5.45. The molecule has 0 radical (unpaired) electrons. The molecule has 110 valence electrons. The molecule has 1 atom stereocenters. The normalized spacial score (nSPS) is 11.8. The van der Waals surface area contributed by atoms with Crippen molar-refractivity contribution in [3.05, 3.63) is 29.8 Å². The molecule has 1 aromatic carbocycles. The number of hydrogen-bond acceptors (Lipinski definition) is 3. The molecule has 0 fully saturated rings. The SMILES string of the molecule is CCC(=O)c1ccc(OCC(=O)N(C)C(C)CC)cc1. The van der Waals surface area contributed by atoms with Crippen LogP contribution in [0.2, 0.25) is 0 Å². The Kier molecular flexibility index (Phi) is 6.22. The van der Waals surface area contributed by atoms with Crippen LogP contribution < -0.4 is 4.74 Å². The summed E-state index contributed by atoms with van der Waals surface area (Å²) in [5.74, 6) is 0.653. The molecule has 1 rings (SSSR count). The number of amides is 1. The van der Waals surface area contributed by atoms with Gasteiger partial charge in [0.1, 0.15) is 5.75 Å². The van der Waals surface area contributed by atoms with Gasteiger partial charge in [0, 0.05) is 25.1 Å². The van der Waals surface area contributed by atoms with E-state index >= 15 is 0 Å². The van der Waals surface area contributed by atoms with Gasteiger partial charge in [0.15, 0.2) is 12.4 Å². The van der Waals surface area contributed by atoms with Crippen LogP contribution in [-0.2, 0) is 4.79 Å². The summed E-state index contributed by atoms with van der Waals surface area (Å²) in [4.78, 5) is 25.1. The Morgan fingerprint density at radius 1 is 1.20 bits per heavy atom. The molecule has 0 saturated carbocycles. The van der Waals surface area contributed by atoms with Gasteiger partial charge in [-0.3, -0.25) is 9.59 Å². The van der Waals surface area contributed by atoms with Crippen molar-refractivity contribution in [2.75, 3.05) is 13.7 Å². The number of carbonyl (C=O) groups excluding carboxylic acids is 2. The quantitative estimate of drug-likeness (QED) is 0.720. The average Bonchev–Trinajstić information content (AvgIpc) is 2.50. The van der Waals surface area contributed by atoms with E-state index in [1.165, 1.54) is 0 Å². The lowest BCUT2D eigenvalue weighted by Gasteiger charge is -2.23. The van der Waals surface area contributed by atoms with E-state index < -0.39 is 0 Å². The highest BCUT2D eigenvalue weighted by Gasteiger charge is 2.14. The van der Waals surface area contributed by atoms with Crippen molar-refractivity contribution in [3.8, 4) is 5.75 Å². The van der Waals surface area contributed by atoms with Gasteiger partial charge in [-0.15, -0.1) is 0 Å². The molecule has 1 unspecified atom stereocenters. The Labute approximate surface area is 120 Å². The highest BCUT2D eigenvalue weighted by atomic mass is 16.5. The maximum absolute atomic E-state index is 11.9. The average molecular weight is 277 g/mol. The number of carbonyl (C=O) groups is 2. The Hall–Kier alpha value is -1.84. The van der Waals surface area contributed by atoms with E-state index in [0.717, 1.165) is 6.42 Å². The van der Waals surface area contributed by atoms with Crippen molar-refractivity contribution in [3.63, 3.8) is 0 Å². The molecule has 0 bridgehead atoms. The number of ether oxygens (including phenoxy) is 1. The minimum atomic E-state index is -0.0481. The van der Waals surface area contributed by atoms with Crippen molar-refractivity contribution in [2.45, 2.75) is 39.7 Å². The van der Waals surface area contributed by atoms with E-state index in [0.29, 0.717) is 17.7 Å². The van der Waals surface area contributed by atoms with Crippen LogP contribution in [0.3, 0.4) is 0 Å². The topological polar surface area (TPSA) is 46.6 Å². The number of Topliss-reactive ketones (excluding diaryl/α,β-unsaturated/α-hetero) is 1. The summed E-state index contributed by atoms with van der Waals surface area (Å²) in [5.41, 5.74) is 0.669. The van der Waals surface area contributed by atoms with Gasteiger partial charge in [0.25, 0.3) is 5.91 Å². The van der Waals surface area contributed by atoms with Gasteiger partial charge in [-0.1, -0.05) is 13.8 Å². The lowest BCUT2D eigenvalue weighted by Crippen LogP contribution is -2.37. The minimum absolute atomic E-state index is 0.0158. The largest absolute Gasteiger partial charge is 0.484 e. The first-order valence-corrected chi connectivity index (χ1v) is 7.01. The van der Waals surface area contributed by atoms with Crippen LogP contribution in [0.25, 0.3) is 0 Å². The molecule has 0 aromatic heterocycles. The van der Waals surface area contributed by atoms with Gasteiger partial charge < -0.3 is 9.64 Å². The molecule has 0 heterocycles. The Bertz CT molecular complexity index is 453. The number of likely N-dealkylation sites (N-methyl/N-ethyl adjacent to an activating group) is 1. The van der Waals surface area contributed by atoms with E-state index in [4.69, 9.17) is 4.74 Å². The Morgan fingerprint density at radius 2 is 1.80 bits per heavy atom. The van der Waals surface area contributed by atoms with Crippen molar-refractivity contribution in [1.29, 1.82) is 0 Å². The van der Waals surface area contributed by atoms with Crippen LogP contribution in [0.1, 0.15) is 44.0 Å². The Morgan fingerprint density at radius 3 is 2.30 bits per heavy atom. The fourth-order valence-electron chi connectivity index (χ4n) is 1.71. The van der Waals surface area contributed by atoms with Crippen molar-refractivity contribution in [2.24, 2.45) is 0 Å². The first-order valence-electron chi connectivity index (χ1n) is 7.01. The van der Waals surface area contributed by atoms with E-state index in [1.807, 2.05) is 20.8 Å². The van der Waals surface area contributed by atoms with E-state index in [2.05, 4.69) is 0 Å². The lowest BCUT2D eigenvalue weighted by molar-refractivity contribution is -0.133. The van der Waals surface area contributed by atoms with E-state index in [9.17, 15) is 9.59 Å². The second-order valence-corrected chi connectivity index (χ2v) is 4.85. The molecular weight excluding hydrogens is 254 g/mol. The molecule has 1 amide bonds. The molecule has 1 aromatic rings. The molecule has 4 heteroatoms. The van der Waals surface area contributed by atoms with Gasteiger partial charge in [-0.2, -0.15) is 0 Å². The maximum Gasteiger partial charge on any atom is 0.260 e.